The molecule has 62 valence electrons. The molecule has 0 aliphatic carbocycles. The van der Waals surface area contributed by atoms with Crippen LogP contribution in [0.4, 0.5) is 0 Å². The highest BCUT2D eigenvalue weighted by Gasteiger charge is 2.11. The van der Waals surface area contributed by atoms with Crippen molar-refractivity contribution in [2.45, 2.75) is 20.8 Å². The molecule has 2 heteroatoms. The van der Waals surface area contributed by atoms with Crippen LogP contribution in [-0.4, -0.2) is 5.91 Å². The number of rotatable bonds is 2. The van der Waals surface area contributed by atoms with E-state index >= 15 is 0 Å². The molecule has 2 N–H and O–H groups in total. The minimum atomic E-state index is -0.435. The highest BCUT2D eigenvalue weighted by molar-refractivity contribution is 5.86. The van der Waals surface area contributed by atoms with Crippen molar-refractivity contribution in [3.63, 3.8) is 0 Å². The van der Waals surface area contributed by atoms with Crippen LogP contribution in [0, 0.1) is 5.41 Å². The third kappa shape index (κ3) is 4.37. The lowest BCUT2D eigenvalue weighted by Gasteiger charge is -2.18. The molecular weight excluding hydrogens is 138 g/mol. The van der Waals surface area contributed by atoms with Gasteiger partial charge in [0.1, 0.15) is 0 Å². The molecule has 0 aliphatic rings. The predicted molar refractivity (Wildman–Crippen MR) is 46.9 cm³/mol. The zero-order chi connectivity index (χ0) is 9.07. The van der Waals surface area contributed by atoms with Crippen molar-refractivity contribution >= 4 is 5.91 Å². The first-order chi connectivity index (χ1) is 4.84. The van der Waals surface area contributed by atoms with E-state index in [9.17, 15) is 4.79 Å². The molecule has 0 bridgehead atoms. The summed E-state index contributed by atoms with van der Waals surface area (Å²) >= 11 is 0. The molecule has 0 aromatic carbocycles. The molecule has 0 rings (SSSR count). The van der Waals surface area contributed by atoms with E-state index in [0.29, 0.717) is 0 Å². The smallest absolute Gasteiger partial charge is 0.241 e. The summed E-state index contributed by atoms with van der Waals surface area (Å²) in [4.78, 5) is 10.3. The largest absolute Gasteiger partial charge is 0.366 e. The van der Waals surface area contributed by atoms with Gasteiger partial charge in [-0.05, 0) is 11.0 Å². The average molecular weight is 153 g/mol. The van der Waals surface area contributed by atoms with Crippen LogP contribution in [0.3, 0.4) is 0 Å². The number of carbonyl (C=O) groups excluding carboxylic acids is 1. The minimum absolute atomic E-state index is 0.00590. The first-order valence-electron chi connectivity index (χ1n) is 3.51. The summed E-state index contributed by atoms with van der Waals surface area (Å²) in [6.45, 7) is 9.89. The summed E-state index contributed by atoms with van der Waals surface area (Å²) < 4.78 is 0. The van der Waals surface area contributed by atoms with E-state index in [4.69, 9.17) is 5.73 Å². The van der Waals surface area contributed by atoms with E-state index < -0.39 is 5.91 Å². The van der Waals surface area contributed by atoms with Crippen molar-refractivity contribution in [3.05, 3.63) is 24.3 Å². The van der Waals surface area contributed by atoms with E-state index in [0.717, 1.165) is 5.57 Å². The van der Waals surface area contributed by atoms with Crippen LogP contribution in [0.25, 0.3) is 0 Å². The summed E-state index contributed by atoms with van der Waals surface area (Å²) in [6.07, 6.45) is 2.98. The van der Waals surface area contributed by atoms with Crippen LogP contribution in [-0.2, 0) is 4.79 Å². The van der Waals surface area contributed by atoms with Gasteiger partial charge in [0.25, 0.3) is 0 Å². The Kier molecular flexibility index (Phi) is 3.05. The number of amides is 1. The van der Waals surface area contributed by atoms with Crippen LogP contribution < -0.4 is 5.73 Å². The van der Waals surface area contributed by atoms with Crippen molar-refractivity contribution in [1.29, 1.82) is 0 Å². The summed E-state index contributed by atoms with van der Waals surface area (Å²) in [5.41, 5.74) is 5.82. The van der Waals surface area contributed by atoms with Crippen LogP contribution >= 0.6 is 0 Å². The molecular formula is C9H15NO. The highest BCUT2D eigenvalue weighted by Crippen LogP contribution is 2.23. The zero-order valence-corrected chi connectivity index (χ0v) is 7.35. The fourth-order valence-electron chi connectivity index (χ4n) is 0.433. The number of hydrogen-bond donors (Lipinski definition) is 1. The summed E-state index contributed by atoms with van der Waals surface area (Å²) in [5, 5.41) is 0. The molecule has 0 heterocycles. The number of primary amides is 1. The van der Waals surface area contributed by atoms with Gasteiger partial charge in [0.2, 0.25) is 5.91 Å². The van der Waals surface area contributed by atoms with E-state index in [2.05, 4.69) is 6.58 Å². The van der Waals surface area contributed by atoms with Gasteiger partial charge in [0.15, 0.2) is 0 Å². The van der Waals surface area contributed by atoms with Gasteiger partial charge in [-0.1, -0.05) is 33.4 Å². The maximum Gasteiger partial charge on any atom is 0.241 e. The van der Waals surface area contributed by atoms with E-state index in [1.165, 1.54) is 6.08 Å². The third-order valence-electron chi connectivity index (χ3n) is 1.41. The second kappa shape index (κ2) is 3.37. The molecule has 0 saturated heterocycles. The molecule has 0 spiro atoms. The van der Waals surface area contributed by atoms with Gasteiger partial charge < -0.3 is 5.73 Å². The molecule has 0 saturated carbocycles. The second-order valence-corrected chi connectivity index (χ2v) is 3.51. The fraction of sp³-hybridized carbons (Fsp3) is 0.444. The number of allylic oxidation sites excluding steroid dienone is 2. The topological polar surface area (TPSA) is 43.1 Å². The fourth-order valence-corrected chi connectivity index (χ4v) is 0.433. The standard InChI is InChI=1S/C9H15NO/c1-7(9(2,3)4)5-6-8(10)11/h5-6H,1H2,2-4H3,(H2,10,11)/b6-5+. The van der Waals surface area contributed by atoms with Crippen molar-refractivity contribution in [3.8, 4) is 0 Å². The van der Waals surface area contributed by atoms with Gasteiger partial charge in [-0.15, -0.1) is 0 Å². The Morgan fingerprint density at radius 3 is 2.09 bits per heavy atom. The lowest BCUT2D eigenvalue weighted by molar-refractivity contribution is -0.113. The molecule has 11 heavy (non-hydrogen) atoms. The Labute approximate surface area is 67.8 Å². The Hall–Kier alpha value is -1.05. The quantitative estimate of drug-likeness (QED) is 0.475. The molecule has 0 radical (unpaired) electrons. The molecule has 2 nitrogen and oxygen atoms in total. The molecule has 0 aliphatic heterocycles. The van der Waals surface area contributed by atoms with Crippen molar-refractivity contribution in [2.24, 2.45) is 11.1 Å². The van der Waals surface area contributed by atoms with E-state index in [1.807, 2.05) is 20.8 Å². The van der Waals surface area contributed by atoms with Gasteiger partial charge in [0, 0.05) is 6.08 Å². The van der Waals surface area contributed by atoms with Gasteiger partial charge in [-0.3, -0.25) is 4.79 Å². The zero-order valence-electron chi connectivity index (χ0n) is 7.35. The predicted octanol–water partition coefficient (Wildman–Crippen LogP) is 1.63. The van der Waals surface area contributed by atoms with Crippen molar-refractivity contribution in [2.75, 3.05) is 0 Å². The van der Waals surface area contributed by atoms with E-state index in [1.54, 1.807) is 6.08 Å². The number of hydrogen-bond acceptors (Lipinski definition) is 1. The molecule has 0 aromatic rings. The third-order valence-corrected chi connectivity index (χ3v) is 1.41. The van der Waals surface area contributed by atoms with Crippen molar-refractivity contribution in [1.82, 2.24) is 0 Å². The van der Waals surface area contributed by atoms with Gasteiger partial charge in [0.05, 0.1) is 0 Å². The van der Waals surface area contributed by atoms with Crippen molar-refractivity contribution < 1.29 is 4.79 Å². The summed E-state index contributed by atoms with van der Waals surface area (Å²) in [5.74, 6) is -0.435. The van der Waals surface area contributed by atoms with Gasteiger partial charge >= 0.3 is 0 Å². The van der Waals surface area contributed by atoms with Crippen LogP contribution in [0.5, 0.6) is 0 Å². The summed E-state index contributed by atoms with van der Waals surface area (Å²) in [7, 11) is 0. The molecule has 0 fully saturated rings. The maximum atomic E-state index is 10.3. The molecule has 0 atom stereocenters. The first-order valence-corrected chi connectivity index (χ1v) is 3.51. The monoisotopic (exact) mass is 153 g/mol. The first kappa shape index (κ1) is 9.95. The number of nitrogens with two attached hydrogens (primary N) is 1. The van der Waals surface area contributed by atoms with Crippen LogP contribution in [0.1, 0.15) is 20.8 Å². The van der Waals surface area contributed by atoms with Crippen LogP contribution in [0.2, 0.25) is 0 Å². The minimum Gasteiger partial charge on any atom is -0.366 e. The summed E-state index contributed by atoms with van der Waals surface area (Å²) in [6, 6.07) is 0. The Bertz CT molecular complexity index is 196. The lowest BCUT2D eigenvalue weighted by atomic mass is 9.87. The lowest BCUT2D eigenvalue weighted by Crippen LogP contribution is -2.09. The Morgan fingerprint density at radius 1 is 1.36 bits per heavy atom. The molecule has 0 aromatic heterocycles. The SMILES string of the molecule is C=C(/C=C/C(N)=O)C(C)(C)C. The molecule has 1 amide bonds. The van der Waals surface area contributed by atoms with E-state index in [-0.39, 0.29) is 5.41 Å². The second-order valence-electron chi connectivity index (χ2n) is 3.51. The molecule has 0 unspecified atom stereocenters. The maximum absolute atomic E-state index is 10.3. The Morgan fingerprint density at radius 2 is 1.82 bits per heavy atom. The average Bonchev–Trinajstić information content (AvgIpc) is 1.80. The van der Waals surface area contributed by atoms with Gasteiger partial charge in [-0.25, -0.2) is 0 Å². The normalized spacial score (nSPS) is 11.9. The van der Waals surface area contributed by atoms with Gasteiger partial charge in [-0.2, -0.15) is 0 Å². The number of carbonyl (C=O) groups is 1. The van der Waals surface area contributed by atoms with Crippen LogP contribution in [0.15, 0.2) is 24.3 Å². The Balaban J connectivity index is 4.20. The highest BCUT2D eigenvalue weighted by atomic mass is 16.1.